The molecule has 2 aromatic carbocycles. The first-order valence-electron chi connectivity index (χ1n) is 9.19. The number of nitrogens with zero attached hydrogens (tertiary/aromatic N) is 1. The SMILES string of the molecule is CNC(=O)[C@@H](C)N(Cc1ccccc1C)C(=O)COc1cc(C)c(Br)c(C)c1. The van der Waals surface area contributed by atoms with Crippen molar-refractivity contribution in [2.45, 2.75) is 40.3 Å². The smallest absolute Gasteiger partial charge is 0.261 e. The zero-order valence-corrected chi connectivity index (χ0v) is 18.6. The van der Waals surface area contributed by atoms with Gasteiger partial charge in [0, 0.05) is 18.1 Å². The van der Waals surface area contributed by atoms with E-state index in [1.165, 1.54) is 0 Å². The summed E-state index contributed by atoms with van der Waals surface area (Å²) in [5.74, 6) is 0.185. The number of amides is 2. The maximum Gasteiger partial charge on any atom is 0.261 e. The molecule has 0 spiro atoms. The lowest BCUT2D eigenvalue weighted by atomic mass is 10.1. The molecule has 0 aliphatic carbocycles. The lowest BCUT2D eigenvalue weighted by Crippen LogP contribution is -2.48. The Morgan fingerprint density at radius 1 is 1.11 bits per heavy atom. The van der Waals surface area contributed by atoms with Crippen LogP contribution in [0.3, 0.4) is 0 Å². The van der Waals surface area contributed by atoms with Crippen LogP contribution in [0.5, 0.6) is 5.75 Å². The summed E-state index contributed by atoms with van der Waals surface area (Å²) in [6.45, 7) is 7.89. The fourth-order valence-electron chi connectivity index (χ4n) is 2.98. The predicted molar refractivity (Wildman–Crippen MR) is 114 cm³/mol. The van der Waals surface area contributed by atoms with Crippen LogP contribution in [0.2, 0.25) is 0 Å². The molecule has 0 aromatic heterocycles. The number of carbonyl (C=O) groups excluding carboxylic acids is 2. The molecule has 0 radical (unpaired) electrons. The molecule has 28 heavy (non-hydrogen) atoms. The van der Waals surface area contributed by atoms with Crippen molar-refractivity contribution < 1.29 is 14.3 Å². The van der Waals surface area contributed by atoms with Crippen LogP contribution in [0.15, 0.2) is 40.9 Å². The molecule has 1 atom stereocenters. The summed E-state index contributed by atoms with van der Waals surface area (Å²) in [5, 5.41) is 2.62. The van der Waals surface area contributed by atoms with Gasteiger partial charge in [-0.25, -0.2) is 0 Å². The second-order valence-corrected chi connectivity index (χ2v) is 7.69. The average molecular weight is 447 g/mol. The fraction of sp³-hybridized carbons (Fsp3) is 0.364. The van der Waals surface area contributed by atoms with Crippen molar-refractivity contribution in [3.05, 3.63) is 63.1 Å². The van der Waals surface area contributed by atoms with Gasteiger partial charge < -0.3 is 15.0 Å². The lowest BCUT2D eigenvalue weighted by Gasteiger charge is -2.29. The van der Waals surface area contributed by atoms with E-state index in [2.05, 4.69) is 21.2 Å². The number of ether oxygens (including phenoxy) is 1. The predicted octanol–water partition coefficient (Wildman–Crippen LogP) is 3.92. The van der Waals surface area contributed by atoms with Gasteiger partial charge in [-0.05, 0) is 62.1 Å². The van der Waals surface area contributed by atoms with E-state index in [-0.39, 0.29) is 18.4 Å². The van der Waals surface area contributed by atoms with Crippen molar-refractivity contribution in [3.63, 3.8) is 0 Å². The molecule has 0 aliphatic rings. The number of halogens is 1. The quantitative estimate of drug-likeness (QED) is 0.700. The molecular formula is C22H27BrN2O3. The van der Waals surface area contributed by atoms with Crippen LogP contribution < -0.4 is 10.1 Å². The van der Waals surface area contributed by atoms with Crippen LogP contribution in [0, 0.1) is 20.8 Å². The molecule has 5 nitrogen and oxygen atoms in total. The van der Waals surface area contributed by atoms with Gasteiger partial charge in [-0.1, -0.05) is 40.2 Å². The third-order valence-corrected chi connectivity index (χ3v) is 6.04. The zero-order valence-electron chi connectivity index (χ0n) is 17.0. The monoisotopic (exact) mass is 446 g/mol. The molecule has 0 unspecified atom stereocenters. The Morgan fingerprint density at radius 3 is 2.29 bits per heavy atom. The van der Waals surface area contributed by atoms with Crippen molar-refractivity contribution in [2.75, 3.05) is 13.7 Å². The molecular weight excluding hydrogens is 420 g/mol. The minimum atomic E-state index is -0.603. The molecule has 0 fully saturated rings. The molecule has 2 rings (SSSR count). The molecule has 1 N–H and O–H groups in total. The van der Waals surface area contributed by atoms with Gasteiger partial charge in [0.05, 0.1) is 0 Å². The molecule has 0 bridgehead atoms. The fourth-order valence-corrected chi connectivity index (χ4v) is 3.21. The number of hydrogen-bond acceptors (Lipinski definition) is 3. The van der Waals surface area contributed by atoms with E-state index in [0.717, 1.165) is 26.7 Å². The van der Waals surface area contributed by atoms with Crippen LogP contribution >= 0.6 is 15.9 Å². The number of aryl methyl sites for hydroxylation is 3. The highest BCUT2D eigenvalue weighted by atomic mass is 79.9. The second-order valence-electron chi connectivity index (χ2n) is 6.90. The van der Waals surface area contributed by atoms with Gasteiger partial charge in [0.25, 0.3) is 5.91 Å². The maximum absolute atomic E-state index is 12.9. The van der Waals surface area contributed by atoms with Crippen LogP contribution in [-0.4, -0.2) is 36.4 Å². The Bertz CT molecular complexity index is 844. The molecule has 6 heteroatoms. The summed E-state index contributed by atoms with van der Waals surface area (Å²) in [6, 6.07) is 11.0. The third kappa shape index (κ3) is 5.35. The van der Waals surface area contributed by atoms with E-state index in [4.69, 9.17) is 4.74 Å². The molecule has 0 saturated carbocycles. The van der Waals surface area contributed by atoms with Crippen molar-refractivity contribution in [1.29, 1.82) is 0 Å². The summed E-state index contributed by atoms with van der Waals surface area (Å²) in [7, 11) is 1.57. The summed E-state index contributed by atoms with van der Waals surface area (Å²) < 4.78 is 6.78. The Balaban J connectivity index is 2.19. The zero-order chi connectivity index (χ0) is 20.8. The minimum absolute atomic E-state index is 0.131. The molecule has 0 aliphatic heterocycles. The van der Waals surface area contributed by atoms with Crippen LogP contribution in [0.1, 0.15) is 29.2 Å². The van der Waals surface area contributed by atoms with E-state index < -0.39 is 6.04 Å². The first-order valence-corrected chi connectivity index (χ1v) is 9.99. The summed E-state index contributed by atoms with van der Waals surface area (Å²) >= 11 is 3.53. The largest absolute Gasteiger partial charge is 0.484 e. The van der Waals surface area contributed by atoms with Crippen LogP contribution in [0.4, 0.5) is 0 Å². The summed E-state index contributed by atoms with van der Waals surface area (Å²) in [4.78, 5) is 26.7. The first-order chi connectivity index (χ1) is 13.2. The van der Waals surface area contributed by atoms with Gasteiger partial charge in [0.2, 0.25) is 5.91 Å². The Labute approximate surface area is 175 Å². The van der Waals surface area contributed by atoms with Gasteiger partial charge in [-0.3, -0.25) is 9.59 Å². The summed E-state index contributed by atoms with van der Waals surface area (Å²) in [5.41, 5.74) is 4.15. The van der Waals surface area contributed by atoms with E-state index in [0.29, 0.717) is 12.3 Å². The van der Waals surface area contributed by atoms with E-state index in [9.17, 15) is 9.59 Å². The third-order valence-electron chi connectivity index (χ3n) is 4.79. The molecule has 0 saturated heterocycles. The van der Waals surface area contributed by atoms with Crippen molar-refractivity contribution in [2.24, 2.45) is 0 Å². The van der Waals surface area contributed by atoms with Crippen LogP contribution in [0.25, 0.3) is 0 Å². The molecule has 2 amide bonds. The highest BCUT2D eigenvalue weighted by Crippen LogP contribution is 2.26. The highest BCUT2D eigenvalue weighted by molar-refractivity contribution is 9.10. The standard InChI is InChI=1S/C22H27BrN2O3/c1-14-8-6-7-9-18(14)12-25(17(4)22(27)24-5)20(26)13-28-19-10-15(2)21(23)16(3)11-19/h6-11,17H,12-13H2,1-5H3,(H,24,27)/t17-/m1/s1. The topological polar surface area (TPSA) is 58.6 Å². The Kier molecular flexibility index (Phi) is 7.63. The number of nitrogens with one attached hydrogen (secondary N) is 1. The molecule has 2 aromatic rings. The number of rotatable bonds is 7. The van der Waals surface area contributed by atoms with Crippen molar-refractivity contribution >= 4 is 27.7 Å². The van der Waals surface area contributed by atoms with Crippen molar-refractivity contribution in [1.82, 2.24) is 10.2 Å². The van der Waals surface area contributed by atoms with Gasteiger partial charge >= 0.3 is 0 Å². The van der Waals surface area contributed by atoms with E-state index in [1.54, 1.807) is 18.9 Å². The first kappa shape index (κ1) is 22.0. The van der Waals surface area contributed by atoms with Crippen LogP contribution in [-0.2, 0) is 16.1 Å². The summed E-state index contributed by atoms with van der Waals surface area (Å²) in [6.07, 6.45) is 0. The number of benzene rings is 2. The highest BCUT2D eigenvalue weighted by Gasteiger charge is 2.26. The van der Waals surface area contributed by atoms with E-state index in [1.807, 2.05) is 57.2 Å². The molecule has 0 heterocycles. The van der Waals surface area contributed by atoms with Gasteiger partial charge in [0.1, 0.15) is 11.8 Å². The number of hydrogen-bond donors (Lipinski definition) is 1. The van der Waals surface area contributed by atoms with Gasteiger partial charge in [-0.2, -0.15) is 0 Å². The Hall–Kier alpha value is -2.34. The molecule has 150 valence electrons. The Morgan fingerprint density at radius 2 is 1.71 bits per heavy atom. The van der Waals surface area contributed by atoms with Gasteiger partial charge in [-0.15, -0.1) is 0 Å². The second kappa shape index (κ2) is 9.73. The van der Waals surface area contributed by atoms with Gasteiger partial charge in [0.15, 0.2) is 6.61 Å². The average Bonchev–Trinajstić information content (AvgIpc) is 2.68. The van der Waals surface area contributed by atoms with Crippen molar-refractivity contribution in [3.8, 4) is 5.75 Å². The minimum Gasteiger partial charge on any atom is -0.484 e. The number of carbonyl (C=O) groups is 2. The normalized spacial score (nSPS) is 11.6. The maximum atomic E-state index is 12.9. The van der Waals surface area contributed by atoms with E-state index >= 15 is 0 Å². The lowest BCUT2D eigenvalue weighted by molar-refractivity contribution is -0.142. The number of likely N-dealkylation sites (N-methyl/N-ethyl adjacent to an activating group) is 1.